The maximum atomic E-state index is 11.2. The normalized spacial score (nSPS) is 15.5. The zero-order valence-corrected chi connectivity index (χ0v) is 9.90. The van der Waals surface area contributed by atoms with Gasteiger partial charge in [0.05, 0.1) is 5.92 Å². The van der Waals surface area contributed by atoms with Crippen LogP contribution in [0, 0.1) is 12.8 Å². The number of hydrogen-bond donors (Lipinski definition) is 0. The van der Waals surface area contributed by atoms with Crippen molar-refractivity contribution in [3.05, 3.63) is 34.3 Å². The summed E-state index contributed by atoms with van der Waals surface area (Å²) < 4.78 is 34.9. The molecule has 0 radical (unpaired) electrons. The maximum absolute atomic E-state index is 11.2. The van der Waals surface area contributed by atoms with Crippen molar-refractivity contribution in [1.29, 1.82) is 0 Å². The quantitative estimate of drug-likeness (QED) is 0.645. The van der Waals surface area contributed by atoms with Crippen LogP contribution in [0.2, 0.25) is 0 Å². The summed E-state index contributed by atoms with van der Waals surface area (Å²) in [6.07, 6.45) is -3.19. The maximum Gasteiger partial charge on any atom is 0.391 e. The highest BCUT2D eigenvalue weighted by molar-refractivity contribution is 9.10. The fourth-order valence-corrected chi connectivity index (χ4v) is 1.21. The highest BCUT2D eigenvalue weighted by Gasteiger charge is 2.46. The summed E-state index contributed by atoms with van der Waals surface area (Å²) >= 11 is 3.35. The summed E-state index contributed by atoms with van der Waals surface area (Å²) in [4.78, 5) is 0. The van der Waals surface area contributed by atoms with E-state index in [2.05, 4.69) is 35.0 Å². The summed E-state index contributed by atoms with van der Waals surface area (Å²) in [5, 5.41) is 0. The van der Waals surface area contributed by atoms with Crippen LogP contribution in [0.3, 0.4) is 0 Å². The average Bonchev–Trinajstić information content (AvgIpc) is 2.92. The van der Waals surface area contributed by atoms with Crippen molar-refractivity contribution < 1.29 is 13.2 Å². The van der Waals surface area contributed by atoms with Gasteiger partial charge in [0.2, 0.25) is 0 Å². The molecule has 0 nitrogen and oxygen atoms in total. The van der Waals surface area contributed by atoms with Gasteiger partial charge >= 0.3 is 6.18 Å². The molecule has 2 rings (SSSR count). The number of alkyl halides is 3. The van der Waals surface area contributed by atoms with Crippen molar-refractivity contribution in [3.63, 3.8) is 0 Å². The smallest absolute Gasteiger partial charge is 0.171 e. The number of rotatable bonds is 0. The van der Waals surface area contributed by atoms with E-state index < -0.39 is 12.1 Å². The van der Waals surface area contributed by atoms with Gasteiger partial charge in [-0.15, -0.1) is 0 Å². The van der Waals surface area contributed by atoms with Crippen LogP contribution < -0.4 is 0 Å². The van der Waals surface area contributed by atoms with Crippen LogP contribution in [0.15, 0.2) is 28.7 Å². The molecule has 4 heteroatoms. The van der Waals surface area contributed by atoms with E-state index in [-0.39, 0.29) is 0 Å². The molecule has 84 valence electrons. The number of aryl methyl sites for hydroxylation is 1. The second-order valence-electron chi connectivity index (χ2n) is 3.61. The minimum Gasteiger partial charge on any atom is -0.171 e. The summed E-state index contributed by atoms with van der Waals surface area (Å²) in [6.45, 7) is 2.08. The van der Waals surface area contributed by atoms with E-state index in [1.165, 1.54) is 5.56 Å². The van der Waals surface area contributed by atoms with E-state index in [1.807, 2.05) is 12.1 Å². The van der Waals surface area contributed by atoms with Crippen LogP contribution in [0.25, 0.3) is 0 Å². The van der Waals surface area contributed by atoms with Crippen LogP contribution in [0.4, 0.5) is 13.2 Å². The van der Waals surface area contributed by atoms with E-state index in [9.17, 15) is 13.2 Å². The molecule has 1 aromatic rings. The fraction of sp³-hybridized carbons (Fsp3) is 0.455. The molecule has 0 spiro atoms. The first-order valence-electron chi connectivity index (χ1n) is 4.68. The van der Waals surface area contributed by atoms with Gasteiger partial charge < -0.3 is 0 Å². The highest BCUT2D eigenvalue weighted by atomic mass is 79.9. The average molecular weight is 281 g/mol. The molecule has 0 atom stereocenters. The van der Waals surface area contributed by atoms with Crippen LogP contribution >= 0.6 is 15.9 Å². The SMILES string of the molecule is Cc1ccc(Br)cc1.FC(F)(F)C1CC1. The Hall–Kier alpha value is -0.510. The predicted molar refractivity (Wildman–Crippen MR) is 57.7 cm³/mol. The lowest BCUT2D eigenvalue weighted by Gasteiger charge is -1.99. The first-order valence-corrected chi connectivity index (χ1v) is 5.48. The molecule has 1 aromatic carbocycles. The van der Waals surface area contributed by atoms with Gasteiger partial charge in [0.25, 0.3) is 0 Å². The van der Waals surface area contributed by atoms with Crippen LogP contribution in [-0.4, -0.2) is 6.18 Å². The van der Waals surface area contributed by atoms with E-state index in [1.54, 1.807) is 0 Å². The van der Waals surface area contributed by atoms with Gasteiger partial charge in [-0.05, 0) is 31.9 Å². The number of hydrogen-bond acceptors (Lipinski definition) is 0. The van der Waals surface area contributed by atoms with Gasteiger partial charge in [-0.2, -0.15) is 13.2 Å². The molecular formula is C11H12BrF3. The molecule has 0 bridgehead atoms. The van der Waals surface area contributed by atoms with E-state index in [4.69, 9.17) is 0 Å². The lowest BCUT2D eigenvalue weighted by Crippen LogP contribution is -2.08. The number of halogens is 4. The third-order valence-electron chi connectivity index (χ3n) is 2.05. The Bertz CT molecular complexity index is 278. The Morgan fingerprint density at radius 1 is 1.13 bits per heavy atom. The van der Waals surface area contributed by atoms with Gasteiger partial charge in [-0.25, -0.2) is 0 Å². The molecule has 1 aliphatic rings. The molecule has 1 fully saturated rings. The molecule has 0 heterocycles. The lowest BCUT2D eigenvalue weighted by molar-refractivity contribution is -0.147. The molecule has 1 aliphatic carbocycles. The van der Waals surface area contributed by atoms with Gasteiger partial charge in [0.1, 0.15) is 0 Å². The molecule has 0 N–H and O–H groups in total. The van der Waals surface area contributed by atoms with E-state index >= 15 is 0 Å². The van der Waals surface area contributed by atoms with Gasteiger partial charge in [0, 0.05) is 4.47 Å². The van der Waals surface area contributed by atoms with Crippen LogP contribution in [-0.2, 0) is 0 Å². The zero-order valence-electron chi connectivity index (χ0n) is 8.31. The summed E-state index contributed by atoms with van der Waals surface area (Å²) in [7, 11) is 0. The number of benzene rings is 1. The van der Waals surface area contributed by atoms with Crippen molar-refractivity contribution in [2.45, 2.75) is 25.9 Å². The standard InChI is InChI=1S/C7H7Br.C4H5F3/c1-6-2-4-7(8)5-3-6;5-4(6,7)3-1-2-3/h2-5H,1H3;3H,1-2H2. The molecule has 1 saturated carbocycles. The molecule has 0 aromatic heterocycles. The first-order chi connectivity index (χ1) is 6.89. The molecule has 0 unspecified atom stereocenters. The topological polar surface area (TPSA) is 0 Å². The first kappa shape index (κ1) is 12.6. The Morgan fingerprint density at radius 3 is 1.80 bits per heavy atom. The molecule has 0 saturated heterocycles. The Labute approximate surface area is 95.6 Å². The van der Waals surface area contributed by atoms with Crippen molar-refractivity contribution in [3.8, 4) is 0 Å². The Morgan fingerprint density at radius 2 is 1.60 bits per heavy atom. The third kappa shape index (κ3) is 5.21. The van der Waals surface area contributed by atoms with E-state index in [0.29, 0.717) is 12.8 Å². The summed E-state index contributed by atoms with van der Waals surface area (Å²) in [5.74, 6) is -0.951. The second kappa shape index (κ2) is 5.01. The minimum atomic E-state index is -3.89. The predicted octanol–water partition coefficient (Wildman–Crippen LogP) is 4.72. The van der Waals surface area contributed by atoms with Crippen LogP contribution in [0.1, 0.15) is 18.4 Å². The van der Waals surface area contributed by atoms with Crippen molar-refractivity contribution in [2.75, 3.05) is 0 Å². The van der Waals surface area contributed by atoms with Gasteiger partial charge in [-0.3, -0.25) is 0 Å². The van der Waals surface area contributed by atoms with Crippen molar-refractivity contribution >= 4 is 15.9 Å². The van der Waals surface area contributed by atoms with Gasteiger partial charge in [0.15, 0.2) is 0 Å². The molecule has 15 heavy (non-hydrogen) atoms. The highest BCUT2D eigenvalue weighted by Crippen LogP contribution is 2.43. The van der Waals surface area contributed by atoms with Crippen LogP contribution in [0.5, 0.6) is 0 Å². The summed E-state index contributed by atoms with van der Waals surface area (Å²) in [6, 6.07) is 8.22. The fourth-order valence-electron chi connectivity index (χ4n) is 0.944. The molecule has 0 aliphatic heterocycles. The van der Waals surface area contributed by atoms with Crippen molar-refractivity contribution in [1.82, 2.24) is 0 Å². The largest absolute Gasteiger partial charge is 0.391 e. The lowest BCUT2D eigenvalue weighted by atomic mass is 10.2. The summed E-state index contributed by atoms with van der Waals surface area (Å²) in [5.41, 5.74) is 1.30. The Kier molecular flexibility index (Phi) is 4.20. The molecule has 0 amide bonds. The minimum absolute atomic E-state index is 0.351. The van der Waals surface area contributed by atoms with Gasteiger partial charge in [-0.1, -0.05) is 33.6 Å². The van der Waals surface area contributed by atoms with E-state index in [0.717, 1.165) is 4.47 Å². The van der Waals surface area contributed by atoms with Crippen molar-refractivity contribution in [2.24, 2.45) is 5.92 Å². The monoisotopic (exact) mass is 280 g/mol. The second-order valence-corrected chi connectivity index (χ2v) is 4.53. The molecular weight excluding hydrogens is 269 g/mol. The Balaban J connectivity index is 0.000000151. The third-order valence-corrected chi connectivity index (χ3v) is 2.58. The zero-order chi connectivity index (χ0) is 11.5.